The van der Waals surface area contributed by atoms with Crippen molar-refractivity contribution in [3.8, 4) is 0 Å². The number of benzene rings is 1. The van der Waals surface area contributed by atoms with Crippen molar-refractivity contribution >= 4 is 22.2 Å². The summed E-state index contributed by atoms with van der Waals surface area (Å²) in [7, 11) is 0. The van der Waals surface area contributed by atoms with Crippen LogP contribution >= 0.6 is 11.3 Å². The SMILES string of the molecule is CC(O)Nc1ncc(CN2CCC3(CCN(c4ccc(F)cc4)C3)C2)s1. The van der Waals surface area contributed by atoms with E-state index in [1.165, 1.54) is 17.7 Å². The van der Waals surface area contributed by atoms with Crippen LogP contribution in [0.1, 0.15) is 24.6 Å². The smallest absolute Gasteiger partial charge is 0.184 e. The second kappa shape index (κ2) is 7.13. The number of hydrogen-bond donors (Lipinski definition) is 2. The van der Waals surface area contributed by atoms with E-state index in [0.717, 1.165) is 43.5 Å². The van der Waals surface area contributed by atoms with Gasteiger partial charge in [-0.25, -0.2) is 9.37 Å². The monoisotopic (exact) mass is 376 g/mol. The van der Waals surface area contributed by atoms with Crippen LogP contribution in [0, 0.1) is 11.2 Å². The molecule has 2 unspecified atom stereocenters. The van der Waals surface area contributed by atoms with Crippen molar-refractivity contribution in [2.45, 2.75) is 32.5 Å². The van der Waals surface area contributed by atoms with Gasteiger partial charge in [0.05, 0.1) is 0 Å². The molecule has 0 saturated carbocycles. The van der Waals surface area contributed by atoms with E-state index in [9.17, 15) is 9.50 Å². The van der Waals surface area contributed by atoms with E-state index in [-0.39, 0.29) is 5.82 Å². The Morgan fingerprint density at radius 1 is 1.27 bits per heavy atom. The van der Waals surface area contributed by atoms with Crippen molar-refractivity contribution in [3.05, 3.63) is 41.2 Å². The first-order chi connectivity index (χ1) is 12.5. The Morgan fingerprint density at radius 3 is 2.81 bits per heavy atom. The second-order valence-electron chi connectivity index (χ2n) is 7.56. The van der Waals surface area contributed by atoms with Gasteiger partial charge in [0.2, 0.25) is 0 Å². The van der Waals surface area contributed by atoms with Gasteiger partial charge in [0.25, 0.3) is 0 Å². The number of likely N-dealkylation sites (tertiary alicyclic amines) is 1. The third-order valence-corrected chi connectivity index (χ3v) is 6.33. The van der Waals surface area contributed by atoms with Crippen LogP contribution in [0.5, 0.6) is 0 Å². The Hall–Kier alpha value is -1.70. The summed E-state index contributed by atoms with van der Waals surface area (Å²) in [5.41, 5.74) is 1.47. The van der Waals surface area contributed by atoms with E-state index in [4.69, 9.17) is 0 Å². The number of aromatic nitrogens is 1. The number of hydrogen-bond acceptors (Lipinski definition) is 6. The number of thiazole rings is 1. The zero-order valence-electron chi connectivity index (χ0n) is 15.0. The van der Waals surface area contributed by atoms with Gasteiger partial charge in [0.1, 0.15) is 12.0 Å². The summed E-state index contributed by atoms with van der Waals surface area (Å²) in [6, 6.07) is 6.86. The van der Waals surface area contributed by atoms with Crippen molar-refractivity contribution in [2.24, 2.45) is 5.41 Å². The molecule has 1 aromatic heterocycles. The highest BCUT2D eigenvalue weighted by molar-refractivity contribution is 7.15. The lowest BCUT2D eigenvalue weighted by molar-refractivity contribution is 0.224. The van der Waals surface area contributed by atoms with Gasteiger partial charge < -0.3 is 15.3 Å². The molecule has 2 atom stereocenters. The highest BCUT2D eigenvalue weighted by Crippen LogP contribution is 2.41. The average Bonchev–Trinajstić information content (AvgIpc) is 3.31. The molecule has 5 nitrogen and oxygen atoms in total. The van der Waals surface area contributed by atoms with Gasteiger partial charge in [-0.1, -0.05) is 0 Å². The quantitative estimate of drug-likeness (QED) is 0.786. The van der Waals surface area contributed by atoms with Crippen molar-refractivity contribution in [1.29, 1.82) is 0 Å². The van der Waals surface area contributed by atoms with Gasteiger partial charge in [-0.15, -0.1) is 11.3 Å². The van der Waals surface area contributed by atoms with E-state index in [0.29, 0.717) is 5.41 Å². The molecule has 0 aliphatic carbocycles. The van der Waals surface area contributed by atoms with Gasteiger partial charge in [0.15, 0.2) is 5.13 Å². The predicted octanol–water partition coefficient (Wildman–Crippen LogP) is 3.13. The number of nitrogens with zero attached hydrogens (tertiary/aromatic N) is 3. The molecule has 0 amide bonds. The minimum Gasteiger partial charge on any atom is -0.374 e. The highest BCUT2D eigenvalue weighted by Gasteiger charge is 2.43. The third-order valence-electron chi connectivity index (χ3n) is 5.41. The van der Waals surface area contributed by atoms with E-state index in [2.05, 4.69) is 20.1 Å². The number of halogens is 1. The number of nitrogens with one attached hydrogen (secondary N) is 1. The molecule has 2 aromatic rings. The van der Waals surface area contributed by atoms with Gasteiger partial charge in [-0.3, -0.25) is 4.90 Å². The molecular formula is C19H25FN4OS. The molecule has 7 heteroatoms. The van der Waals surface area contributed by atoms with Gasteiger partial charge >= 0.3 is 0 Å². The molecule has 1 spiro atoms. The van der Waals surface area contributed by atoms with Crippen LogP contribution < -0.4 is 10.2 Å². The fourth-order valence-electron chi connectivity index (χ4n) is 4.15. The first-order valence-corrected chi connectivity index (χ1v) is 9.95. The summed E-state index contributed by atoms with van der Waals surface area (Å²) in [6.45, 7) is 6.90. The largest absolute Gasteiger partial charge is 0.374 e. The first kappa shape index (κ1) is 17.7. The number of rotatable bonds is 5. The Labute approximate surface area is 157 Å². The van der Waals surface area contributed by atoms with Crippen molar-refractivity contribution in [2.75, 3.05) is 36.4 Å². The van der Waals surface area contributed by atoms with Crippen molar-refractivity contribution < 1.29 is 9.50 Å². The Kier molecular flexibility index (Phi) is 4.86. The van der Waals surface area contributed by atoms with E-state index >= 15 is 0 Å². The van der Waals surface area contributed by atoms with Crippen LogP contribution in [-0.2, 0) is 6.54 Å². The van der Waals surface area contributed by atoms with Gasteiger partial charge in [0, 0.05) is 48.4 Å². The van der Waals surface area contributed by atoms with E-state index in [1.54, 1.807) is 30.4 Å². The third kappa shape index (κ3) is 3.84. The Morgan fingerprint density at radius 2 is 2.04 bits per heavy atom. The van der Waals surface area contributed by atoms with Crippen molar-refractivity contribution in [1.82, 2.24) is 9.88 Å². The Balaban J connectivity index is 1.35. The Bertz CT molecular complexity index is 750. The summed E-state index contributed by atoms with van der Waals surface area (Å²) in [5.74, 6) is -0.177. The molecular weight excluding hydrogens is 351 g/mol. The molecule has 0 bridgehead atoms. The predicted molar refractivity (Wildman–Crippen MR) is 103 cm³/mol. The van der Waals surface area contributed by atoms with Gasteiger partial charge in [-0.05, 0) is 50.6 Å². The minimum absolute atomic E-state index is 0.177. The number of aliphatic hydroxyl groups is 1. The topological polar surface area (TPSA) is 51.6 Å². The summed E-state index contributed by atoms with van der Waals surface area (Å²) < 4.78 is 13.2. The fourth-order valence-corrected chi connectivity index (χ4v) is 5.09. The molecule has 26 heavy (non-hydrogen) atoms. The molecule has 2 N–H and O–H groups in total. The van der Waals surface area contributed by atoms with Crippen LogP contribution in [-0.4, -0.2) is 47.4 Å². The van der Waals surface area contributed by atoms with Crippen LogP contribution in [0.2, 0.25) is 0 Å². The molecule has 4 rings (SSSR count). The lowest BCUT2D eigenvalue weighted by atomic mass is 9.86. The molecule has 3 heterocycles. The summed E-state index contributed by atoms with van der Waals surface area (Å²) >= 11 is 1.61. The van der Waals surface area contributed by atoms with E-state index < -0.39 is 6.23 Å². The summed E-state index contributed by atoms with van der Waals surface area (Å²) in [6.07, 6.45) is 3.72. The first-order valence-electron chi connectivity index (χ1n) is 9.14. The second-order valence-corrected chi connectivity index (χ2v) is 8.68. The van der Waals surface area contributed by atoms with Crippen LogP contribution in [0.4, 0.5) is 15.2 Å². The normalized spacial score (nSPS) is 24.5. The van der Waals surface area contributed by atoms with Crippen molar-refractivity contribution in [3.63, 3.8) is 0 Å². The number of anilines is 2. The molecule has 0 radical (unpaired) electrons. The fraction of sp³-hybridized carbons (Fsp3) is 0.526. The molecule has 140 valence electrons. The lowest BCUT2D eigenvalue weighted by Gasteiger charge is -2.25. The summed E-state index contributed by atoms with van der Waals surface area (Å²) in [5, 5.41) is 13.1. The zero-order chi connectivity index (χ0) is 18.1. The summed E-state index contributed by atoms with van der Waals surface area (Å²) in [4.78, 5) is 10.4. The number of aliphatic hydroxyl groups excluding tert-OH is 1. The molecule has 2 fully saturated rings. The van der Waals surface area contributed by atoms with Crippen LogP contribution in [0.25, 0.3) is 0 Å². The molecule has 2 aliphatic rings. The average molecular weight is 377 g/mol. The zero-order valence-corrected chi connectivity index (χ0v) is 15.8. The molecule has 2 saturated heterocycles. The maximum absolute atomic E-state index is 13.2. The van der Waals surface area contributed by atoms with Crippen LogP contribution in [0.15, 0.2) is 30.5 Å². The lowest BCUT2D eigenvalue weighted by Crippen LogP contribution is -2.30. The van der Waals surface area contributed by atoms with E-state index in [1.807, 2.05) is 18.3 Å². The maximum atomic E-state index is 13.2. The highest BCUT2D eigenvalue weighted by atomic mass is 32.1. The maximum Gasteiger partial charge on any atom is 0.184 e. The molecule has 2 aliphatic heterocycles. The standard InChI is InChI=1S/C19H25FN4OS/c1-14(25)22-18-21-10-17(26-18)11-23-8-6-19(12-23)7-9-24(13-19)16-4-2-15(20)3-5-16/h2-5,10,14,25H,6-9,11-13H2,1H3,(H,21,22). The molecule has 1 aromatic carbocycles. The van der Waals surface area contributed by atoms with Gasteiger partial charge in [-0.2, -0.15) is 0 Å². The van der Waals surface area contributed by atoms with Crippen LogP contribution in [0.3, 0.4) is 0 Å². The minimum atomic E-state index is -0.583.